The Hall–Kier alpha value is -3.38. The van der Waals surface area contributed by atoms with E-state index in [1.807, 2.05) is 12.1 Å². The van der Waals surface area contributed by atoms with E-state index >= 15 is 0 Å². The molecule has 38 heavy (non-hydrogen) atoms. The Balaban J connectivity index is 1.23. The predicted octanol–water partition coefficient (Wildman–Crippen LogP) is 3.40. The highest BCUT2D eigenvalue weighted by atomic mass is 19.1. The highest BCUT2D eigenvalue weighted by Crippen LogP contribution is 2.41. The van der Waals surface area contributed by atoms with E-state index in [0.29, 0.717) is 29.1 Å². The molecule has 3 N–H and O–H groups in total. The minimum atomic E-state index is -0.474. The number of nitrogens with one attached hydrogen (secondary N) is 2. The van der Waals surface area contributed by atoms with E-state index in [1.165, 1.54) is 19.0 Å². The van der Waals surface area contributed by atoms with Crippen molar-refractivity contribution in [2.75, 3.05) is 30.4 Å². The fourth-order valence-corrected chi connectivity index (χ4v) is 5.97. The number of benzene rings is 1. The van der Waals surface area contributed by atoms with Crippen LogP contribution in [0.3, 0.4) is 0 Å². The molecule has 11 nitrogen and oxygen atoms in total. The Morgan fingerprint density at radius 1 is 1.24 bits per heavy atom. The van der Waals surface area contributed by atoms with Crippen molar-refractivity contribution in [2.24, 2.45) is 0 Å². The first-order chi connectivity index (χ1) is 18.4. The number of aliphatic hydroxyl groups is 1. The van der Waals surface area contributed by atoms with E-state index < -0.39 is 5.82 Å². The van der Waals surface area contributed by atoms with E-state index in [2.05, 4.69) is 54.9 Å². The lowest BCUT2D eigenvalue weighted by atomic mass is 9.84. The highest BCUT2D eigenvalue weighted by Gasteiger charge is 2.43. The summed E-state index contributed by atoms with van der Waals surface area (Å²) in [6.07, 6.45) is 7.58. The lowest BCUT2D eigenvalue weighted by Crippen LogP contribution is -2.55. The fraction of sp³-hybridized carbons (Fsp3) is 0.577. The van der Waals surface area contributed by atoms with E-state index in [0.717, 1.165) is 38.1 Å². The smallest absolute Gasteiger partial charge is 0.229 e. The molecule has 2 saturated heterocycles. The summed E-state index contributed by atoms with van der Waals surface area (Å²) >= 11 is 0. The normalized spacial score (nSPS) is 22.7. The van der Waals surface area contributed by atoms with Crippen LogP contribution in [0.1, 0.15) is 64.1 Å². The number of tetrazole rings is 1. The Morgan fingerprint density at radius 2 is 2.11 bits per heavy atom. The van der Waals surface area contributed by atoms with Crippen LogP contribution in [0.25, 0.3) is 5.69 Å². The SMILES string of the molecule is CC1(C)C[C@H](Nc2nc(Nc3ccc(OCCO)c(-n4nnnc4C4CC4)c3)ncc2F)C[C@@H]2CCCN21. The first kappa shape index (κ1) is 24.9. The van der Waals surface area contributed by atoms with Gasteiger partial charge in [-0.3, -0.25) is 4.90 Å². The van der Waals surface area contributed by atoms with E-state index in [9.17, 15) is 9.50 Å². The topological polar surface area (TPSA) is 126 Å². The molecule has 202 valence electrons. The van der Waals surface area contributed by atoms with Gasteiger partial charge in [-0.2, -0.15) is 9.67 Å². The van der Waals surface area contributed by atoms with Gasteiger partial charge in [0.2, 0.25) is 5.95 Å². The van der Waals surface area contributed by atoms with Crippen molar-refractivity contribution in [1.82, 2.24) is 35.1 Å². The molecule has 1 aliphatic carbocycles. The van der Waals surface area contributed by atoms with Gasteiger partial charge in [-0.15, -0.1) is 5.10 Å². The van der Waals surface area contributed by atoms with Gasteiger partial charge < -0.3 is 20.5 Å². The molecule has 0 amide bonds. The molecule has 2 aromatic heterocycles. The maximum atomic E-state index is 14.8. The second-order valence-electron chi connectivity index (χ2n) is 11.1. The van der Waals surface area contributed by atoms with E-state index in [-0.39, 0.29) is 36.6 Å². The number of hydrogen-bond acceptors (Lipinski definition) is 10. The monoisotopic (exact) mass is 523 g/mol. The number of rotatable bonds is 9. The summed E-state index contributed by atoms with van der Waals surface area (Å²) in [5.41, 5.74) is 1.38. The van der Waals surface area contributed by atoms with Crippen molar-refractivity contribution in [3.63, 3.8) is 0 Å². The van der Waals surface area contributed by atoms with E-state index in [4.69, 9.17) is 4.74 Å². The second-order valence-corrected chi connectivity index (χ2v) is 11.1. The third-order valence-corrected chi connectivity index (χ3v) is 7.77. The van der Waals surface area contributed by atoms with Crippen molar-refractivity contribution in [2.45, 2.75) is 75.9 Å². The predicted molar refractivity (Wildman–Crippen MR) is 139 cm³/mol. The number of aromatic nitrogens is 6. The van der Waals surface area contributed by atoms with Gasteiger partial charge in [0.05, 0.1) is 12.8 Å². The first-order valence-electron chi connectivity index (χ1n) is 13.4. The Labute approximate surface area is 220 Å². The van der Waals surface area contributed by atoms with Crippen LogP contribution in [0, 0.1) is 5.82 Å². The van der Waals surface area contributed by atoms with Crippen LogP contribution >= 0.6 is 0 Å². The molecule has 2 aliphatic heterocycles. The number of anilines is 3. The lowest BCUT2D eigenvalue weighted by molar-refractivity contribution is 0.0500. The minimum Gasteiger partial charge on any atom is -0.489 e. The largest absolute Gasteiger partial charge is 0.489 e. The van der Waals surface area contributed by atoms with Gasteiger partial charge in [0.25, 0.3) is 0 Å². The molecule has 3 fully saturated rings. The molecular weight excluding hydrogens is 489 g/mol. The molecule has 1 saturated carbocycles. The van der Waals surface area contributed by atoms with Gasteiger partial charge in [-0.05, 0) is 87.5 Å². The molecule has 6 rings (SSSR count). The molecule has 0 radical (unpaired) electrons. The average molecular weight is 524 g/mol. The van der Waals surface area contributed by atoms with Crippen molar-refractivity contribution in [3.05, 3.63) is 36.0 Å². The number of fused-ring (bicyclic) bond motifs is 1. The van der Waals surface area contributed by atoms with Crippen LogP contribution in [0.15, 0.2) is 24.4 Å². The summed E-state index contributed by atoms with van der Waals surface area (Å²) < 4.78 is 22.2. The van der Waals surface area contributed by atoms with Crippen LogP contribution in [0.5, 0.6) is 5.75 Å². The van der Waals surface area contributed by atoms with Crippen LogP contribution < -0.4 is 15.4 Å². The Morgan fingerprint density at radius 3 is 2.92 bits per heavy atom. The Kier molecular flexibility index (Phi) is 6.60. The fourth-order valence-electron chi connectivity index (χ4n) is 5.97. The van der Waals surface area contributed by atoms with E-state index in [1.54, 1.807) is 10.7 Å². The highest BCUT2D eigenvalue weighted by molar-refractivity contribution is 5.63. The summed E-state index contributed by atoms with van der Waals surface area (Å²) in [6, 6.07) is 6.10. The van der Waals surface area contributed by atoms with Crippen molar-refractivity contribution in [3.8, 4) is 11.4 Å². The zero-order valence-corrected chi connectivity index (χ0v) is 21.8. The van der Waals surface area contributed by atoms with Crippen LogP contribution in [-0.4, -0.2) is 77.6 Å². The number of ether oxygens (including phenoxy) is 1. The van der Waals surface area contributed by atoms with Gasteiger partial charge in [0.1, 0.15) is 18.0 Å². The summed E-state index contributed by atoms with van der Waals surface area (Å²) in [4.78, 5) is 11.3. The van der Waals surface area contributed by atoms with Gasteiger partial charge >= 0.3 is 0 Å². The van der Waals surface area contributed by atoms with Gasteiger partial charge in [-0.1, -0.05) is 0 Å². The van der Waals surface area contributed by atoms with Crippen LogP contribution in [0.4, 0.5) is 21.8 Å². The molecule has 0 bridgehead atoms. The molecule has 12 heteroatoms. The van der Waals surface area contributed by atoms with Crippen molar-refractivity contribution >= 4 is 17.5 Å². The lowest BCUT2D eigenvalue weighted by Gasteiger charge is -2.47. The number of hydrogen-bond donors (Lipinski definition) is 3. The summed E-state index contributed by atoms with van der Waals surface area (Å²) in [6.45, 7) is 5.72. The standard InChI is InChI=1S/C26H34FN9O2/c1-26(2)14-18(12-19-4-3-9-35(19)26)29-23-20(27)15-28-25(31-23)30-17-7-8-22(38-11-10-37)21(13-17)36-24(16-5-6-16)32-33-34-36/h7-8,13,15-16,18-19,37H,3-6,9-12,14H2,1-2H3,(H2,28,29,30,31)/t18-,19+/m1/s1. The quantitative estimate of drug-likeness (QED) is 0.384. The molecule has 3 aromatic rings. The average Bonchev–Trinajstić information content (AvgIpc) is 3.40. The Bertz CT molecular complexity index is 1300. The summed E-state index contributed by atoms with van der Waals surface area (Å²) in [5.74, 6) is 1.65. The molecular formula is C26H34FN9O2. The van der Waals surface area contributed by atoms with Gasteiger partial charge in [-0.25, -0.2) is 9.37 Å². The number of halogens is 1. The maximum Gasteiger partial charge on any atom is 0.229 e. The van der Waals surface area contributed by atoms with Gasteiger partial charge in [0, 0.05) is 29.2 Å². The molecule has 0 spiro atoms. The zero-order valence-electron chi connectivity index (χ0n) is 21.8. The third kappa shape index (κ3) is 5.02. The second kappa shape index (κ2) is 10.1. The summed E-state index contributed by atoms with van der Waals surface area (Å²) in [7, 11) is 0. The summed E-state index contributed by atoms with van der Waals surface area (Å²) in [5, 5.41) is 28.0. The zero-order chi connectivity index (χ0) is 26.3. The number of aliphatic hydroxyl groups excluding tert-OH is 1. The molecule has 3 aliphatic rings. The number of nitrogens with zero attached hydrogens (tertiary/aromatic N) is 7. The van der Waals surface area contributed by atoms with Crippen LogP contribution in [0.2, 0.25) is 0 Å². The minimum absolute atomic E-state index is 0.0629. The first-order valence-corrected chi connectivity index (χ1v) is 13.4. The maximum absolute atomic E-state index is 14.8. The molecule has 4 heterocycles. The van der Waals surface area contributed by atoms with Crippen molar-refractivity contribution in [1.29, 1.82) is 0 Å². The number of piperidine rings is 1. The van der Waals surface area contributed by atoms with Crippen molar-refractivity contribution < 1.29 is 14.2 Å². The van der Waals surface area contributed by atoms with Crippen LogP contribution in [-0.2, 0) is 0 Å². The van der Waals surface area contributed by atoms with Gasteiger partial charge in [0.15, 0.2) is 17.5 Å². The molecule has 0 unspecified atom stereocenters. The molecule has 2 atom stereocenters. The molecule has 1 aromatic carbocycles. The third-order valence-electron chi connectivity index (χ3n) is 7.77.